The van der Waals surface area contributed by atoms with E-state index >= 15 is 0 Å². The number of rotatable bonds is 2. The van der Waals surface area contributed by atoms with Crippen molar-refractivity contribution in [2.75, 3.05) is 0 Å². The van der Waals surface area contributed by atoms with Crippen molar-refractivity contribution in [2.24, 2.45) is 0 Å². The minimum atomic E-state index is -0.919. The molecule has 6 nitrogen and oxygen atoms in total. The molecule has 0 aliphatic rings. The predicted octanol–water partition coefficient (Wildman–Crippen LogP) is 0.302. The van der Waals surface area contributed by atoms with Gasteiger partial charge in [0, 0.05) is 0 Å². The van der Waals surface area contributed by atoms with Crippen LogP contribution in [0.1, 0.15) is 13.2 Å². The second-order valence-corrected chi connectivity index (χ2v) is 2.02. The van der Waals surface area contributed by atoms with Gasteiger partial charge in [-0.2, -0.15) is 0 Å². The maximum absolute atomic E-state index is 10.2. The highest BCUT2D eigenvalue weighted by molar-refractivity contribution is 5.06. The Labute approximate surface area is 62.2 Å². The normalized spacial score (nSPS) is 12.9. The molecule has 1 rings (SSSR count). The van der Waals surface area contributed by atoms with E-state index < -0.39 is 11.2 Å². The molecule has 11 heavy (non-hydrogen) atoms. The summed E-state index contributed by atoms with van der Waals surface area (Å²) in [7, 11) is 0. The second-order valence-electron chi connectivity index (χ2n) is 2.02. The molecule has 0 aromatic carbocycles. The fraction of sp³-hybridized carbons (Fsp3) is 0.400. The van der Waals surface area contributed by atoms with Crippen molar-refractivity contribution in [1.29, 1.82) is 0 Å². The average Bonchev–Trinajstić information content (AvgIpc) is 2.32. The molecular formula is C5H7N3O3. The quantitative estimate of drug-likeness (QED) is 0.494. The van der Waals surface area contributed by atoms with E-state index in [4.69, 9.17) is 5.11 Å². The van der Waals surface area contributed by atoms with E-state index in [0.29, 0.717) is 0 Å². The Morgan fingerprint density at radius 1 is 1.91 bits per heavy atom. The molecule has 1 atom stereocenters. The van der Waals surface area contributed by atoms with Gasteiger partial charge in [-0.25, -0.2) is 4.57 Å². The number of aliphatic hydroxyl groups excluding tert-OH is 1. The van der Waals surface area contributed by atoms with Crippen molar-refractivity contribution < 1.29 is 10.0 Å². The highest BCUT2D eigenvalue weighted by Crippen LogP contribution is 2.12. The zero-order valence-electron chi connectivity index (χ0n) is 5.84. The van der Waals surface area contributed by atoms with Crippen LogP contribution >= 0.6 is 0 Å². The topological polar surface area (TPSA) is 81.2 Å². The van der Waals surface area contributed by atoms with Gasteiger partial charge >= 0.3 is 5.95 Å². The van der Waals surface area contributed by atoms with Gasteiger partial charge < -0.3 is 15.2 Å². The standard InChI is InChI=1S/C5H7N3O3/c1-4(9)7-3-2-6-5(7)8(10)11/h2-4,9H,1H3. The number of nitro groups is 1. The Morgan fingerprint density at radius 3 is 2.91 bits per heavy atom. The van der Waals surface area contributed by atoms with E-state index in [1.165, 1.54) is 19.3 Å². The Balaban J connectivity index is 3.06. The van der Waals surface area contributed by atoms with Gasteiger partial charge in [0.15, 0.2) is 6.23 Å². The second kappa shape index (κ2) is 2.67. The number of hydrogen-bond acceptors (Lipinski definition) is 4. The molecule has 0 saturated heterocycles. The van der Waals surface area contributed by atoms with Crippen LogP contribution in [0.4, 0.5) is 5.95 Å². The molecule has 1 aromatic heterocycles. The minimum Gasteiger partial charge on any atom is -0.390 e. The molecule has 0 amide bonds. The van der Waals surface area contributed by atoms with Gasteiger partial charge in [-0.1, -0.05) is 4.98 Å². The lowest BCUT2D eigenvalue weighted by molar-refractivity contribution is -0.398. The monoisotopic (exact) mass is 157 g/mol. The number of nitrogens with zero attached hydrogens (tertiary/aromatic N) is 3. The van der Waals surface area contributed by atoms with Gasteiger partial charge in [-0.05, 0) is 11.8 Å². The van der Waals surface area contributed by atoms with Crippen molar-refractivity contribution in [3.63, 3.8) is 0 Å². The third-order valence-electron chi connectivity index (χ3n) is 1.21. The van der Waals surface area contributed by atoms with E-state index in [9.17, 15) is 10.1 Å². The summed E-state index contributed by atoms with van der Waals surface area (Å²) in [4.78, 5) is 13.0. The molecule has 1 aromatic rings. The summed E-state index contributed by atoms with van der Waals surface area (Å²) in [5.41, 5.74) is 0. The molecule has 0 bridgehead atoms. The lowest BCUT2D eigenvalue weighted by atomic mass is 10.6. The molecule has 0 aliphatic carbocycles. The molecule has 0 spiro atoms. The first-order valence-electron chi connectivity index (χ1n) is 2.98. The van der Waals surface area contributed by atoms with Crippen LogP contribution in [0, 0.1) is 10.1 Å². The van der Waals surface area contributed by atoms with Crippen LogP contribution in [0.25, 0.3) is 0 Å². The molecule has 0 saturated carbocycles. The molecule has 1 unspecified atom stereocenters. The Hall–Kier alpha value is -1.43. The molecule has 0 fully saturated rings. The summed E-state index contributed by atoms with van der Waals surface area (Å²) in [6.45, 7) is 1.43. The van der Waals surface area contributed by atoms with E-state index in [1.54, 1.807) is 0 Å². The Morgan fingerprint density at radius 2 is 2.55 bits per heavy atom. The average molecular weight is 157 g/mol. The third-order valence-corrected chi connectivity index (χ3v) is 1.21. The highest BCUT2D eigenvalue weighted by atomic mass is 16.6. The fourth-order valence-corrected chi connectivity index (χ4v) is 0.738. The Kier molecular flexibility index (Phi) is 1.86. The van der Waals surface area contributed by atoms with Crippen LogP contribution < -0.4 is 0 Å². The zero-order valence-corrected chi connectivity index (χ0v) is 5.84. The Bertz CT molecular complexity index is 268. The van der Waals surface area contributed by atoms with Crippen molar-refractivity contribution in [1.82, 2.24) is 9.55 Å². The van der Waals surface area contributed by atoms with Gasteiger partial charge in [0.2, 0.25) is 0 Å². The molecule has 60 valence electrons. The van der Waals surface area contributed by atoms with Crippen molar-refractivity contribution >= 4 is 5.95 Å². The first-order chi connectivity index (χ1) is 5.13. The summed E-state index contributed by atoms with van der Waals surface area (Å²) in [6.07, 6.45) is 1.70. The van der Waals surface area contributed by atoms with Gasteiger partial charge in [0.05, 0.1) is 0 Å². The van der Waals surface area contributed by atoms with Crippen LogP contribution in [0.3, 0.4) is 0 Å². The van der Waals surface area contributed by atoms with E-state index in [-0.39, 0.29) is 5.95 Å². The van der Waals surface area contributed by atoms with Crippen LogP contribution in [-0.4, -0.2) is 19.6 Å². The van der Waals surface area contributed by atoms with Crippen molar-refractivity contribution in [3.8, 4) is 0 Å². The lowest BCUT2D eigenvalue weighted by Crippen LogP contribution is -2.06. The maximum atomic E-state index is 10.2. The summed E-state index contributed by atoms with van der Waals surface area (Å²) in [5.74, 6) is -0.347. The van der Waals surface area contributed by atoms with E-state index in [0.717, 1.165) is 4.57 Å². The number of aromatic nitrogens is 2. The van der Waals surface area contributed by atoms with Crippen LogP contribution in [0.15, 0.2) is 12.4 Å². The molecule has 0 radical (unpaired) electrons. The summed E-state index contributed by atoms with van der Waals surface area (Å²) in [6, 6.07) is 0. The molecular weight excluding hydrogens is 150 g/mol. The summed E-state index contributed by atoms with van der Waals surface area (Å²) >= 11 is 0. The van der Waals surface area contributed by atoms with Crippen molar-refractivity contribution in [2.45, 2.75) is 13.2 Å². The minimum absolute atomic E-state index is 0.347. The van der Waals surface area contributed by atoms with Gasteiger partial charge in [0.1, 0.15) is 12.4 Å². The first kappa shape index (κ1) is 7.67. The molecule has 6 heteroatoms. The molecule has 1 N–H and O–H groups in total. The van der Waals surface area contributed by atoms with Crippen LogP contribution in [-0.2, 0) is 0 Å². The zero-order chi connectivity index (χ0) is 8.43. The largest absolute Gasteiger partial charge is 0.436 e. The first-order valence-corrected chi connectivity index (χ1v) is 2.98. The van der Waals surface area contributed by atoms with Gasteiger partial charge in [-0.15, -0.1) is 0 Å². The lowest BCUT2D eigenvalue weighted by Gasteiger charge is -2.01. The smallest absolute Gasteiger partial charge is 0.390 e. The molecule has 0 aliphatic heterocycles. The van der Waals surface area contributed by atoms with Gasteiger partial charge in [0.25, 0.3) is 0 Å². The van der Waals surface area contributed by atoms with Crippen LogP contribution in [0.2, 0.25) is 0 Å². The summed E-state index contributed by atoms with van der Waals surface area (Å²) < 4.78 is 1.07. The fourth-order valence-electron chi connectivity index (χ4n) is 0.738. The number of aliphatic hydroxyl groups is 1. The highest BCUT2D eigenvalue weighted by Gasteiger charge is 2.16. The SMILES string of the molecule is CC(O)n1ccnc1[N+](=O)[O-]. The maximum Gasteiger partial charge on any atom is 0.436 e. The summed E-state index contributed by atoms with van der Waals surface area (Å²) in [5, 5.41) is 19.2. The predicted molar refractivity (Wildman–Crippen MR) is 35.8 cm³/mol. The third kappa shape index (κ3) is 1.35. The molecule has 1 heterocycles. The van der Waals surface area contributed by atoms with E-state index in [2.05, 4.69) is 4.98 Å². The van der Waals surface area contributed by atoms with Crippen LogP contribution in [0.5, 0.6) is 0 Å². The number of imidazole rings is 1. The van der Waals surface area contributed by atoms with Crippen molar-refractivity contribution in [3.05, 3.63) is 22.5 Å². The van der Waals surface area contributed by atoms with E-state index in [1.807, 2.05) is 0 Å². The van der Waals surface area contributed by atoms with Gasteiger partial charge in [-0.3, -0.25) is 0 Å². The number of hydrogen-bond donors (Lipinski definition) is 1.